The third kappa shape index (κ3) is 5.40. The van der Waals surface area contributed by atoms with E-state index in [2.05, 4.69) is 20.3 Å². The van der Waals surface area contributed by atoms with E-state index >= 15 is 0 Å². The molecule has 0 saturated heterocycles. The van der Waals surface area contributed by atoms with E-state index in [1.807, 2.05) is 30.4 Å². The SMILES string of the molecule is CN(C1CCCCC1)S(=O)(=O)c1ccc(Nc2ncc(/C=C/c3ccc4nc(N)sc4c3)cn2)cc1. The summed E-state index contributed by atoms with van der Waals surface area (Å²) in [7, 11) is -1.83. The van der Waals surface area contributed by atoms with Crippen molar-refractivity contribution in [2.45, 2.75) is 43.0 Å². The van der Waals surface area contributed by atoms with Crippen LogP contribution in [-0.4, -0.2) is 40.8 Å². The number of anilines is 3. The second-order valence-corrected chi connectivity index (χ2v) is 12.0. The first kappa shape index (κ1) is 24.4. The van der Waals surface area contributed by atoms with Crippen molar-refractivity contribution in [2.75, 3.05) is 18.1 Å². The molecule has 0 spiro atoms. The number of fused-ring (bicyclic) bond motifs is 1. The van der Waals surface area contributed by atoms with Gasteiger partial charge in [-0.05, 0) is 54.8 Å². The van der Waals surface area contributed by atoms with Crippen LogP contribution in [0.1, 0.15) is 43.2 Å². The normalized spacial score (nSPS) is 15.2. The third-order valence-corrected chi connectivity index (χ3v) is 9.22. The molecule has 1 aliphatic rings. The molecule has 0 bridgehead atoms. The van der Waals surface area contributed by atoms with E-state index in [1.54, 1.807) is 43.7 Å². The Balaban J connectivity index is 1.22. The molecule has 2 heterocycles. The number of nitrogen functional groups attached to an aromatic ring is 1. The molecule has 8 nitrogen and oxygen atoms in total. The molecule has 0 aliphatic heterocycles. The molecule has 1 fully saturated rings. The Labute approximate surface area is 215 Å². The summed E-state index contributed by atoms with van der Waals surface area (Å²) < 4.78 is 28.7. The summed E-state index contributed by atoms with van der Waals surface area (Å²) in [4.78, 5) is 13.3. The van der Waals surface area contributed by atoms with Crippen molar-refractivity contribution >= 4 is 60.5 Å². The number of nitrogens with zero attached hydrogens (tertiary/aromatic N) is 4. The monoisotopic (exact) mass is 520 g/mol. The summed E-state index contributed by atoms with van der Waals surface area (Å²) in [5, 5.41) is 3.69. The summed E-state index contributed by atoms with van der Waals surface area (Å²) >= 11 is 1.46. The number of nitrogens with one attached hydrogen (secondary N) is 1. The van der Waals surface area contributed by atoms with E-state index in [1.165, 1.54) is 22.1 Å². The van der Waals surface area contributed by atoms with Gasteiger partial charge in [-0.15, -0.1) is 0 Å². The first-order valence-electron chi connectivity index (χ1n) is 11.9. The fourth-order valence-electron chi connectivity index (χ4n) is 4.39. The number of benzene rings is 2. The molecule has 1 aliphatic carbocycles. The minimum atomic E-state index is -3.52. The Morgan fingerprint density at radius 1 is 1.00 bits per heavy atom. The topological polar surface area (TPSA) is 114 Å². The van der Waals surface area contributed by atoms with Crippen molar-refractivity contribution in [2.24, 2.45) is 0 Å². The largest absolute Gasteiger partial charge is 0.375 e. The fraction of sp³-hybridized carbons (Fsp3) is 0.269. The lowest BCUT2D eigenvalue weighted by Gasteiger charge is -2.30. The molecule has 3 N–H and O–H groups in total. The van der Waals surface area contributed by atoms with E-state index in [-0.39, 0.29) is 6.04 Å². The zero-order chi connectivity index (χ0) is 25.1. The van der Waals surface area contributed by atoms with E-state index in [4.69, 9.17) is 5.73 Å². The van der Waals surface area contributed by atoms with Crippen molar-refractivity contribution in [1.29, 1.82) is 0 Å². The quantitative estimate of drug-likeness (QED) is 0.329. The number of sulfonamides is 1. The van der Waals surface area contributed by atoms with Crippen LogP contribution in [-0.2, 0) is 10.0 Å². The first-order chi connectivity index (χ1) is 17.4. The summed E-state index contributed by atoms with van der Waals surface area (Å²) in [6, 6.07) is 12.8. The standard InChI is InChI=1S/C26H28N6O2S2/c1-32(21-5-3-2-4-6-21)36(33,34)22-12-10-20(11-13-22)30-26-28-16-19(17-29-26)8-7-18-9-14-23-24(15-18)35-25(27)31-23/h7-17,21H,2-6H2,1H3,(H2,27,31)(H,28,29,30)/b8-7+. The lowest BCUT2D eigenvalue weighted by atomic mass is 9.96. The molecule has 0 unspecified atom stereocenters. The van der Waals surface area contributed by atoms with Gasteiger partial charge in [-0.1, -0.05) is 48.8 Å². The van der Waals surface area contributed by atoms with Crippen LogP contribution in [0.3, 0.4) is 0 Å². The highest BCUT2D eigenvalue weighted by Crippen LogP contribution is 2.28. The van der Waals surface area contributed by atoms with E-state index < -0.39 is 10.0 Å². The number of hydrogen-bond donors (Lipinski definition) is 2. The van der Waals surface area contributed by atoms with Gasteiger partial charge in [0.15, 0.2) is 5.13 Å². The number of rotatable bonds is 7. The molecule has 0 amide bonds. The molecule has 5 rings (SSSR count). The van der Waals surface area contributed by atoms with Crippen LogP contribution in [0.25, 0.3) is 22.4 Å². The highest BCUT2D eigenvalue weighted by Gasteiger charge is 2.28. The summed E-state index contributed by atoms with van der Waals surface area (Å²) in [6.45, 7) is 0. The minimum absolute atomic E-state index is 0.0805. The van der Waals surface area contributed by atoms with Gasteiger partial charge in [-0.2, -0.15) is 4.31 Å². The maximum absolute atomic E-state index is 13.0. The Morgan fingerprint density at radius 3 is 2.42 bits per heavy atom. The van der Waals surface area contributed by atoms with Crippen LogP contribution in [0.5, 0.6) is 0 Å². The van der Waals surface area contributed by atoms with Crippen LogP contribution < -0.4 is 11.1 Å². The predicted octanol–water partition coefficient (Wildman–Crippen LogP) is 5.54. The van der Waals surface area contributed by atoms with Gasteiger partial charge >= 0.3 is 0 Å². The molecular weight excluding hydrogens is 492 g/mol. The minimum Gasteiger partial charge on any atom is -0.375 e. The average molecular weight is 521 g/mol. The summed E-state index contributed by atoms with van der Waals surface area (Å²) in [6.07, 6.45) is 12.6. The van der Waals surface area contributed by atoms with Crippen molar-refractivity contribution in [3.8, 4) is 0 Å². The summed E-state index contributed by atoms with van der Waals surface area (Å²) in [5.74, 6) is 0.434. The Bertz CT molecular complexity index is 1480. The molecule has 4 aromatic rings. The number of hydrogen-bond acceptors (Lipinski definition) is 8. The number of nitrogens with two attached hydrogens (primary N) is 1. The average Bonchev–Trinajstić information content (AvgIpc) is 3.28. The van der Waals surface area contributed by atoms with Gasteiger partial charge in [0.25, 0.3) is 0 Å². The van der Waals surface area contributed by atoms with Crippen molar-refractivity contribution < 1.29 is 8.42 Å². The van der Waals surface area contributed by atoms with Crippen molar-refractivity contribution in [3.63, 3.8) is 0 Å². The number of aromatic nitrogens is 3. The second-order valence-electron chi connectivity index (χ2n) is 8.92. The van der Waals surface area contributed by atoms with Gasteiger partial charge in [0, 0.05) is 36.7 Å². The second kappa shape index (κ2) is 10.3. The van der Waals surface area contributed by atoms with Gasteiger partial charge in [-0.25, -0.2) is 23.4 Å². The van der Waals surface area contributed by atoms with Gasteiger partial charge < -0.3 is 11.1 Å². The fourth-order valence-corrected chi connectivity index (χ4v) is 6.59. The van der Waals surface area contributed by atoms with Crippen LogP contribution in [0, 0.1) is 0 Å². The zero-order valence-corrected chi connectivity index (χ0v) is 21.6. The van der Waals surface area contributed by atoms with Crippen LogP contribution in [0.2, 0.25) is 0 Å². The van der Waals surface area contributed by atoms with Gasteiger partial charge in [0.1, 0.15) is 0 Å². The van der Waals surface area contributed by atoms with Crippen LogP contribution >= 0.6 is 11.3 Å². The third-order valence-electron chi connectivity index (χ3n) is 6.45. The first-order valence-corrected chi connectivity index (χ1v) is 14.2. The molecule has 36 heavy (non-hydrogen) atoms. The van der Waals surface area contributed by atoms with Gasteiger partial charge in [-0.3, -0.25) is 0 Å². The molecule has 0 atom stereocenters. The van der Waals surface area contributed by atoms with Gasteiger partial charge in [0.2, 0.25) is 16.0 Å². The Morgan fingerprint density at radius 2 is 1.69 bits per heavy atom. The molecule has 2 aromatic heterocycles. The van der Waals surface area contributed by atoms with E-state index in [0.29, 0.717) is 16.0 Å². The predicted molar refractivity (Wildman–Crippen MR) is 147 cm³/mol. The highest BCUT2D eigenvalue weighted by atomic mass is 32.2. The zero-order valence-electron chi connectivity index (χ0n) is 20.0. The maximum atomic E-state index is 13.0. The molecule has 0 radical (unpaired) electrons. The highest BCUT2D eigenvalue weighted by molar-refractivity contribution is 7.89. The Hall–Kier alpha value is -3.34. The molecule has 10 heteroatoms. The van der Waals surface area contributed by atoms with E-state index in [9.17, 15) is 8.42 Å². The van der Waals surface area contributed by atoms with Gasteiger partial charge in [0.05, 0.1) is 15.1 Å². The van der Waals surface area contributed by atoms with E-state index in [0.717, 1.165) is 52.7 Å². The Kier molecular flexibility index (Phi) is 6.99. The molecule has 2 aromatic carbocycles. The number of thiazole rings is 1. The lowest BCUT2D eigenvalue weighted by Crippen LogP contribution is -2.38. The molecular formula is C26H28N6O2S2. The smallest absolute Gasteiger partial charge is 0.243 e. The van der Waals surface area contributed by atoms with Crippen LogP contribution in [0.4, 0.5) is 16.8 Å². The molecule has 186 valence electrons. The summed E-state index contributed by atoms with van der Waals surface area (Å²) in [5.41, 5.74) is 9.29. The molecule has 1 saturated carbocycles. The van der Waals surface area contributed by atoms with Crippen LogP contribution in [0.15, 0.2) is 59.8 Å². The lowest BCUT2D eigenvalue weighted by molar-refractivity contribution is 0.286. The van der Waals surface area contributed by atoms with Crippen molar-refractivity contribution in [3.05, 3.63) is 66.0 Å². The maximum Gasteiger partial charge on any atom is 0.243 e. The van der Waals surface area contributed by atoms with Crippen molar-refractivity contribution in [1.82, 2.24) is 19.3 Å².